The number of nitriles is 1. The number of hydrogen-bond donors (Lipinski definition) is 1. The molecule has 2 aromatic rings. The monoisotopic (exact) mass is 359 g/mol. The van der Waals surface area contributed by atoms with Gasteiger partial charge < -0.3 is 5.73 Å². The maximum atomic E-state index is 12.2. The van der Waals surface area contributed by atoms with E-state index >= 15 is 0 Å². The third kappa shape index (κ3) is 3.23. The van der Waals surface area contributed by atoms with E-state index in [0.29, 0.717) is 11.1 Å². The maximum absolute atomic E-state index is 12.2. The number of amides is 1. The molecule has 27 heavy (non-hydrogen) atoms. The van der Waals surface area contributed by atoms with E-state index in [1.54, 1.807) is 42.5 Å². The van der Waals surface area contributed by atoms with Crippen LogP contribution < -0.4 is 5.73 Å². The molecule has 3 atom stereocenters. The molecule has 1 aliphatic rings. The van der Waals surface area contributed by atoms with Gasteiger partial charge >= 0.3 is 0 Å². The lowest BCUT2D eigenvalue weighted by molar-refractivity contribution is -0.512. The highest BCUT2D eigenvalue weighted by Gasteiger charge is 2.57. The fourth-order valence-electron chi connectivity index (χ4n) is 3.43. The molecule has 3 unspecified atom stereocenters. The highest BCUT2D eigenvalue weighted by Crippen LogP contribution is 2.47. The third-order valence-electron chi connectivity index (χ3n) is 4.79. The Kier molecular flexibility index (Phi) is 4.86. The van der Waals surface area contributed by atoms with Crippen molar-refractivity contribution in [1.82, 2.24) is 0 Å². The number of carbonyl (C=O) groups excluding carboxylic acids is 1. The summed E-state index contributed by atoms with van der Waals surface area (Å²) in [6, 6.07) is 18.6. The van der Waals surface area contributed by atoms with Crippen LogP contribution in [0, 0.1) is 32.8 Å². The first kappa shape index (κ1) is 18.1. The molecule has 0 aromatic heterocycles. The van der Waals surface area contributed by atoms with E-state index in [9.17, 15) is 20.2 Å². The fourth-order valence-corrected chi connectivity index (χ4v) is 3.43. The third-order valence-corrected chi connectivity index (χ3v) is 4.79. The van der Waals surface area contributed by atoms with Crippen LogP contribution >= 0.6 is 0 Å². The smallest absolute Gasteiger partial charge is 0.246 e. The molecule has 6 heteroatoms. The van der Waals surface area contributed by atoms with E-state index in [-0.39, 0.29) is 0 Å². The summed E-state index contributed by atoms with van der Waals surface area (Å²) in [5.74, 6) is -1.91. The van der Waals surface area contributed by atoms with E-state index in [1.807, 2.05) is 36.4 Å². The van der Waals surface area contributed by atoms with Crippen LogP contribution in [0.2, 0.25) is 0 Å². The number of rotatable bonds is 5. The number of primary amides is 1. The van der Waals surface area contributed by atoms with Gasteiger partial charge in [-0.25, -0.2) is 0 Å². The van der Waals surface area contributed by atoms with Crippen molar-refractivity contribution in [2.75, 3.05) is 0 Å². The predicted molar refractivity (Wildman–Crippen MR) is 101 cm³/mol. The molecule has 0 spiro atoms. The Labute approximate surface area is 156 Å². The molecule has 2 N–H and O–H groups in total. The van der Waals surface area contributed by atoms with Gasteiger partial charge in [-0.15, -0.1) is 0 Å². The van der Waals surface area contributed by atoms with Gasteiger partial charge in [0, 0.05) is 10.5 Å². The second-order valence-electron chi connectivity index (χ2n) is 6.34. The van der Waals surface area contributed by atoms with E-state index in [4.69, 9.17) is 5.73 Å². The zero-order valence-corrected chi connectivity index (χ0v) is 14.4. The summed E-state index contributed by atoms with van der Waals surface area (Å²) in [6.45, 7) is 0. The Morgan fingerprint density at radius 2 is 1.74 bits per heavy atom. The van der Waals surface area contributed by atoms with Crippen molar-refractivity contribution in [1.29, 1.82) is 5.26 Å². The Hall–Kier alpha value is -3.72. The summed E-state index contributed by atoms with van der Waals surface area (Å²) in [6.07, 6.45) is 4.58. The molecule has 0 saturated heterocycles. The average molecular weight is 359 g/mol. The Morgan fingerprint density at radius 1 is 1.15 bits per heavy atom. The molecule has 0 radical (unpaired) electrons. The molecule has 6 nitrogen and oxygen atoms in total. The first-order chi connectivity index (χ1) is 13.0. The molecule has 1 aliphatic carbocycles. The first-order valence-electron chi connectivity index (χ1n) is 8.35. The molecule has 0 heterocycles. The van der Waals surface area contributed by atoms with Gasteiger partial charge in [0.05, 0.1) is 12.0 Å². The van der Waals surface area contributed by atoms with E-state index in [1.165, 1.54) is 6.08 Å². The highest BCUT2D eigenvalue weighted by molar-refractivity contribution is 5.93. The summed E-state index contributed by atoms with van der Waals surface area (Å²) in [4.78, 5) is 23.7. The average Bonchev–Trinajstić information content (AvgIpc) is 3.04. The van der Waals surface area contributed by atoms with E-state index in [0.717, 1.165) is 5.56 Å². The minimum atomic E-state index is -1.78. The van der Waals surface area contributed by atoms with Crippen molar-refractivity contribution in [2.45, 2.75) is 6.04 Å². The molecule has 134 valence electrons. The lowest BCUT2D eigenvalue weighted by Gasteiger charge is -2.22. The molecular weight excluding hydrogens is 342 g/mol. The standard InChI is InChI=1S/C21H17N3O3/c22-14-21(20(23)25)13-17(16-9-5-2-6-10-16)19(24(26)27)18(21)12-11-15-7-3-1-4-8-15/h1-13,18-19H,(H2,23,25)/b12-11+. The van der Waals surface area contributed by atoms with Crippen LogP contribution in [0.25, 0.3) is 11.6 Å². The molecular formula is C21H17N3O3. The maximum Gasteiger partial charge on any atom is 0.246 e. The number of nitrogens with two attached hydrogens (primary N) is 1. The molecule has 2 aromatic carbocycles. The summed E-state index contributed by atoms with van der Waals surface area (Å²) in [7, 11) is 0. The minimum Gasteiger partial charge on any atom is -0.368 e. The van der Waals surface area contributed by atoms with E-state index < -0.39 is 28.2 Å². The van der Waals surface area contributed by atoms with Crippen LogP contribution in [-0.2, 0) is 4.79 Å². The first-order valence-corrected chi connectivity index (χ1v) is 8.35. The van der Waals surface area contributed by atoms with Crippen molar-refractivity contribution in [3.8, 4) is 6.07 Å². The lowest BCUT2D eigenvalue weighted by Crippen LogP contribution is -2.42. The molecule has 3 rings (SSSR count). The Bertz CT molecular complexity index is 961. The number of nitrogens with zero attached hydrogens (tertiary/aromatic N) is 2. The molecule has 0 fully saturated rings. The Balaban J connectivity index is 2.14. The van der Waals surface area contributed by atoms with Crippen molar-refractivity contribution < 1.29 is 9.72 Å². The van der Waals surface area contributed by atoms with Crippen LogP contribution in [0.1, 0.15) is 11.1 Å². The predicted octanol–water partition coefficient (Wildman–Crippen LogP) is 3.05. The van der Waals surface area contributed by atoms with Gasteiger partial charge in [-0.1, -0.05) is 72.8 Å². The second-order valence-corrected chi connectivity index (χ2v) is 6.34. The van der Waals surface area contributed by atoms with Gasteiger partial charge in [0.2, 0.25) is 11.9 Å². The number of hydrogen-bond acceptors (Lipinski definition) is 4. The SMILES string of the molecule is N#CC1(C(N)=O)C=C(c2ccccc2)C([N+](=O)[O-])C1/C=C/c1ccccc1. The number of benzene rings is 2. The molecule has 1 amide bonds. The van der Waals surface area contributed by atoms with Gasteiger partial charge in [-0.3, -0.25) is 14.9 Å². The molecule has 0 aliphatic heterocycles. The van der Waals surface area contributed by atoms with Gasteiger partial charge in [0.25, 0.3) is 0 Å². The van der Waals surface area contributed by atoms with Crippen molar-refractivity contribution >= 4 is 17.6 Å². The lowest BCUT2D eigenvalue weighted by atomic mass is 9.76. The van der Waals surface area contributed by atoms with Crippen molar-refractivity contribution in [3.05, 3.63) is 94.1 Å². The van der Waals surface area contributed by atoms with Crippen LogP contribution in [0.15, 0.2) is 72.8 Å². The van der Waals surface area contributed by atoms with Gasteiger partial charge in [-0.2, -0.15) is 5.26 Å². The fraction of sp³-hybridized carbons (Fsp3) is 0.143. The summed E-state index contributed by atoms with van der Waals surface area (Å²) < 4.78 is 0. The minimum absolute atomic E-state index is 0.323. The number of nitro groups is 1. The zero-order chi connectivity index (χ0) is 19.4. The van der Waals surface area contributed by atoms with Gasteiger partial charge in [0.15, 0.2) is 5.41 Å². The van der Waals surface area contributed by atoms with Crippen molar-refractivity contribution in [3.63, 3.8) is 0 Å². The van der Waals surface area contributed by atoms with Gasteiger partial charge in [0.1, 0.15) is 0 Å². The van der Waals surface area contributed by atoms with Crippen molar-refractivity contribution in [2.24, 2.45) is 17.1 Å². The zero-order valence-electron chi connectivity index (χ0n) is 14.4. The summed E-state index contributed by atoms with van der Waals surface area (Å²) in [5.41, 5.74) is 5.48. The molecule has 0 bridgehead atoms. The topological polar surface area (TPSA) is 110 Å². The normalized spacial score (nSPS) is 24.3. The Morgan fingerprint density at radius 3 is 2.26 bits per heavy atom. The van der Waals surface area contributed by atoms with Gasteiger partial charge in [-0.05, 0) is 17.2 Å². The highest BCUT2D eigenvalue weighted by atomic mass is 16.6. The van der Waals surface area contributed by atoms with E-state index in [2.05, 4.69) is 0 Å². The van der Waals surface area contributed by atoms with Crippen LogP contribution in [0.3, 0.4) is 0 Å². The summed E-state index contributed by atoms with van der Waals surface area (Å²) >= 11 is 0. The summed E-state index contributed by atoms with van der Waals surface area (Å²) in [5, 5.41) is 21.7. The van der Waals surface area contributed by atoms with Crippen LogP contribution in [0.5, 0.6) is 0 Å². The number of carbonyl (C=O) groups is 1. The molecule has 0 saturated carbocycles. The van der Waals surface area contributed by atoms with Crippen LogP contribution in [-0.4, -0.2) is 16.9 Å². The second kappa shape index (κ2) is 7.26. The quantitative estimate of drug-likeness (QED) is 0.653. The largest absolute Gasteiger partial charge is 0.368 e. The van der Waals surface area contributed by atoms with Crippen LogP contribution in [0.4, 0.5) is 0 Å².